The van der Waals surface area contributed by atoms with E-state index in [0.717, 1.165) is 6.08 Å². The molecule has 2 rings (SSSR count). The Bertz CT molecular complexity index is 529. The van der Waals surface area contributed by atoms with Crippen LogP contribution in [0.15, 0.2) is 36.4 Å². The fraction of sp³-hybridized carbons (Fsp3) is 0.154. The number of amides is 2. The van der Waals surface area contributed by atoms with Crippen LogP contribution >= 0.6 is 0 Å². The van der Waals surface area contributed by atoms with Gasteiger partial charge in [0.2, 0.25) is 0 Å². The topological polar surface area (TPSA) is 72.9 Å². The van der Waals surface area contributed by atoms with Gasteiger partial charge in [-0.3, -0.25) is 14.4 Å². The molecule has 0 fully saturated rings. The summed E-state index contributed by atoms with van der Waals surface area (Å²) in [5.74, 6) is -1.55. The lowest BCUT2D eigenvalue weighted by molar-refractivity contribution is -0.134. The van der Waals surface area contributed by atoms with E-state index in [-0.39, 0.29) is 6.61 Å². The maximum absolute atomic E-state index is 11.9. The van der Waals surface area contributed by atoms with Crippen LogP contribution in [-0.2, 0) is 14.4 Å². The minimum Gasteiger partial charge on any atom is -0.466 e. The first-order valence-corrected chi connectivity index (χ1v) is 5.50. The molecular weight excluding hydrogens is 250 g/mol. The zero-order valence-corrected chi connectivity index (χ0v) is 10.2. The van der Waals surface area contributed by atoms with E-state index >= 15 is 0 Å². The van der Waals surface area contributed by atoms with Gasteiger partial charge in [-0.15, -0.1) is 5.06 Å². The second-order valence-corrected chi connectivity index (χ2v) is 3.67. The summed E-state index contributed by atoms with van der Waals surface area (Å²) < 4.78 is 4.39. The first kappa shape index (κ1) is 13.0. The fourth-order valence-corrected chi connectivity index (χ4v) is 1.61. The van der Waals surface area contributed by atoms with Crippen LogP contribution in [0.5, 0.6) is 0 Å². The Labute approximate surface area is 109 Å². The van der Waals surface area contributed by atoms with Gasteiger partial charge in [-0.05, 0) is 18.2 Å². The Morgan fingerprint density at radius 1 is 1.21 bits per heavy atom. The number of hydrogen-bond acceptors (Lipinski definition) is 5. The summed E-state index contributed by atoms with van der Waals surface area (Å²) in [7, 11) is 1.25. The Morgan fingerprint density at radius 2 is 1.79 bits per heavy atom. The highest BCUT2D eigenvalue weighted by molar-refractivity contribution is 6.20. The van der Waals surface area contributed by atoms with Gasteiger partial charge in [0, 0.05) is 6.08 Å². The van der Waals surface area contributed by atoms with Gasteiger partial charge in [-0.2, -0.15) is 0 Å². The summed E-state index contributed by atoms with van der Waals surface area (Å²) in [4.78, 5) is 39.6. The van der Waals surface area contributed by atoms with Gasteiger partial charge in [-0.1, -0.05) is 12.1 Å². The molecule has 0 radical (unpaired) electrons. The second-order valence-electron chi connectivity index (χ2n) is 3.67. The Morgan fingerprint density at radius 3 is 2.32 bits per heavy atom. The predicted octanol–water partition coefficient (Wildman–Crippen LogP) is 0.943. The van der Waals surface area contributed by atoms with E-state index in [2.05, 4.69) is 4.74 Å². The highest BCUT2D eigenvalue weighted by Crippen LogP contribution is 2.22. The maximum atomic E-state index is 11.9. The monoisotopic (exact) mass is 261 g/mol. The van der Waals surface area contributed by atoms with Crippen molar-refractivity contribution in [2.75, 3.05) is 13.7 Å². The standard InChI is InChI=1S/C13H11NO5/c1-18-11(15)7-4-8-19-14-12(16)9-5-2-3-6-10(9)13(14)17/h2-7H,8H2,1H3/b7-4+. The Kier molecular flexibility index (Phi) is 3.72. The average molecular weight is 261 g/mol. The molecule has 0 aliphatic carbocycles. The van der Waals surface area contributed by atoms with Crippen molar-refractivity contribution in [3.8, 4) is 0 Å². The van der Waals surface area contributed by atoms with E-state index in [9.17, 15) is 14.4 Å². The smallest absolute Gasteiger partial charge is 0.330 e. The molecule has 0 saturated heterocycles. The van der Waals surface area contributed by atoms with E-state index in [1.807, 2.05) is 0 Å². The van der Waals surface area contributed by atoms with Crippen molar-refractivity contribution in [3.63, 3.8) is 0 Å². The number of hydroxylamine groups is 2. The lowest BCUT2D eigenvalue weighted by atomic mass is 10.1. The van der Waals surface area contributed by atoms with Gasteiger partial charge in [0.05, 0.1) is 24.8 Å². The molecule has 1 aliphatic rings. The molecule has 0 saturated carbocycles. The molecule has 1 aliphatic heterocycles. The number of nitrogens with zero attached hydrogens (tertiary/aromatic N) is 1. The van der Waals surface area contributed by atoms with Crippen molar-refractivity contribution in [1.29, 1.82) is 0 Å². The van der Waals surface area contributed by atoms with Crippen molar-refractivity contribution in [3.05, 3.63) is 47.5 Å². The van der Waals surface area contributed by atoms with Gasteiger partial charge < -0.3 is 4.74 Å². The summed E-state index contributed by atoms with van der Waals surface area (Å²) >= 11 is 0. The SMILES string of the molecule is COC(=O)/C=C/CON1C(=O)c2ccccc2C1=O. The zero-order valence-electron chi connectivity index (χ0n) is 10.2. The fourth-order valence-electron chi connectivity index (χ4n) is 1.61. The number of carbonyl (C=O) groups excluding carboxylic acids is 3. The minimum atomic E-state index is -0.536. The van der Waals surface area contributed by atoms with Crippen LogP contribution in [0.4, 0.5) is 0 Å². The largest absolute Gasteiger partial charge is 0.466 e. The van der Waals surface area contributed by atoms with Gasteiger partial charge in [0.25, 0.3) is 11.8 Å². The van der Waals surface area contributed by atoms with Crippen LogP contribution in [0.2, 0.25) is 0 Å². The molecule has 0 atom stereocenters. The van der Waals surface area contributed by atoms with Gasteiger partial charge in [0.15, 0.2) is 0 Å². The maximum Gasteiger partial charge on any atom is 0.330 e. The molecule has 0 N–H and O–H groups in total. The molecule has 0 unspecified atom stereocenters. The van der Waals surface area contributed by atoms with E-state index in [1.165, 1.54) is 13.2 Å². The quantitative estimate of drug-likeness (QED) is 0.458. The molecule has 2 amide bonds. The van der Waals surface area contributed by atoms with Crippen molar-refractivity contribution in [1.82, 2.24) is 5.06 Å². The van der Waals surface area contributed by atoms with Crippen molar-refractivity contribution >= 4 is 17.8 Å². The number of methoxy groups -OCH3 is 1. The number of fused-ring (bicyclic) bond motifs is 1. The normalized spacial score (nSPS) is 14.1. The lowest BCUT2D eigenvalue weighted by Crippen LogP contribution is -2.30. The Balaban J connectivity index is 2.01. The highest BCUT2D eigenvalue weighted by Gasteiger charge is 2.36. The van der Waals surface area contributed by atoms with Crippen molar-refractivity contribution in [2.45, 2.75) is 0 Å². The molecule has 0 aromatic heterocycles. The van der Waals surface area contributed by atoms with E-state index in [1.54, 1.807) is 24.3 Å². The van der Waals surface area contributed by atoms with E-state index < -0.39 is 17.8 Å². The van der Waals surface area contributed by atoms with Crippen LogP contribution in [-0.4, -0.2) is 36.6 Å². The van der Waals surface area contributed by atoms with Crippen LogP contribution in [0.1, 0.15) is 20.7 Å². The van der Waals surface area contributed by atoms with Crippen molar-refractivity contribution in [2.24, 2.45) is 0 Å². The Hall–Kier alpha value is -2.47. The van der Waals surface area contributed by atoms with Crippen LogP contribution in [0.3, 0.4) is 0 Å². The third-order valence-electron chi connectivity index (χ3n) is 2.51. The number of rotatable bonds is 4. The summed E-state index contributed by atoms with van der Waals surface area (Å²) in [5.41, 5.74) is 0.619. The molecule has 19 heavy (non-hydrogen) atoms. The molecule has 6 heteroatoms. The highest BCUT2D eigenvalue weighted by atomic mass is 16.7. The molecule has 0 spiro atoms. The third-order valence-corrected chi connectivity index (χ3v) is 2.51. The molecular formula is C13H11NO5. The molecule has 6 nitrogen and oxygen atoms in total. The molecule has 1 aromatic carbocycles. The first-order chi connectivity index (χ1) is 9.15. The summed E-state index contributed by atoms with van der Waals surface area (Å²) in [5, 5.41) is 0.687. The lowest BCUT2D eigenvalue weighted by Gasteiger charge is -2.11. The van der Waals surface area contributed by atoms with Crippen LogP contribution in [0.25, 0.3) is 0 Å². The molecule has 98 valence electrons. The molecule has 1 heterocycles. The second kappa shape index (κ2) is 5.45. The van der Waals surface area contributed by atoms with Gasteiger partial charge in [0.1, 0.15) is 0 Å². The first-order valence-electron chi connectivity index (χ1n) is 5.50. The number of carbonyl (C=O) groups is 3. The number of benzene rings is 1. The van der Waals surface area contributed by atoms with Crippen molar-refractivity contribution < 1.29 is 24.0 Å². The average Bonchev–Trinajstić information content (AvgIpc) is 2.68. The summed E-state index contributed by atoms with van der Waals surface area (Å²) in [6.45, 7) is -0.0828. The zero-order chi connectivity index (χ0) is 13.8. The number of imide groups is 1. The summed E-state index contributed by atoms with van der Waals surface area (Å²) in [6.07, 6.45) is 2.51. The van der Waals surface area contributed by atoms with E-state index in [4.69, 9.17) is 4.84 Å². The third kappa shape index (κ3) is 2.53. The predicted molar refractivity (Wildman–Crippen MR) is 64.1 cm³/mol. The van der Waals surface area contributed by atoms with Gasteiger partial charge >= 0.3 is 5.97 Å². The minimum absolute atomic E-state index is 0.0828. The number of hydrogen-bond donors (Lipinski definition) is 0. The van der Waals surface area contributed by atoms with Gasteiger partial charge in [-0.25, -0.2) is 4.79 Å². The van der Waals surface area contributed by atoms with Crippen LogP contribution in [0, 0.1) is 0 Å². The number of esters is 1. The van der Waals surface area contributed by atoms with E-state index in [0.29, 0.717) is 16.2 Å². The molecule has 0 bridgehead atoms. The number of ether oxygens (including phenoxy) is 1. The summed E-state index contributed by atoms with van der Waals surface area (Å²) in [6, 6.07) is 6.46. The molecule has 1 aromatic rings. The van der Waals surface area contributed by atoms with Crippen LogP contribution < -0.4 is 0 Å².